The van der Waals surface area contributed by atoms with E-state index in [9.17, 15) is 4.39 Å². The highest BCUT2D eigenvalue weighted by Gasteiger charge is 2.02. The second-order valence-electron chi connectivity index (χ2n) is 2.67. The Kier molecular flexibility index (Phi) is 2.19. The molecule has 0 aliphatic heterocycles. The smallest absolute Gasteiger partial charge is 0.215 e. The number of hydrogen-bond donors (Lipinski definition) is 1. The average molecular weight is 154 g/mol. The van der Waals surface area contributed by atoms with Gasteiger partial charge in [0.15, 0.2) is 0 Å². The molecule has 0 aliphatic rings. The molecule has 3 heteroatoms. The van der Waals surface area contributed by atoms with Crippen molar-refractivity contribution in [2.75, 3.05) is 0 Å². The number of hydrogen-bond acceptors (Lipinski definition) is 2. The van der Waals surface area contributed by atoms with E-state index in [-0.39, 0.29) is 6.04 Å². The van der Waals surface area contributed by atoms with E-state index in [2.05, 4.69) is 4.98 Å². The van der Waals surface area contributed by atoms with E-state index in [0.29, 0.717) is 5.56 Å². The molecule has 0 aromatic carbocycles. The first-order valence-electron chi connectivity index (χ1n) is 3.49. The van der Waals surface area contributed by atoms with Crippen LogP contribution in [0.15, 0.2) is 12.3 Å². The number of aryl methyl sites for hydroxylation is 1. The summed E-state index contributed by atoms with van der Waals surface area (Å²) in [6.07, 6.45) is 1.47. The largest absolute Gasteiger partial charge is 0.324 e. The van der Waals surface area contributed by atoms with Gasteiger partial charge >= 0.3 is 0 Å². The van der Waals surface area contributed by atoms with Gasteiger partial charge in [-0.3, -0.25) is 0 Å². The summed E-state index contributed by atoms with van der Waals surface area (Å²) in [7, 11) is 0. The van der Waals surface area contributed by atoms with Gasteiger partial charge in [-0.2, -0.15) is 4.39 Å². The van der Waals surface area contributed by atoms with E-state index in [1.54, 1.807) is 13.0 Å². The molecule has 11 heavy (non-hydrogen) atoms. The van der Waals surface area contributed by atoms with Crippen molar-refractivity contribution in [3.63, 3.8) is 0 Å². The van der Waals surface area contributed by atoms with Crippen molar-refractivity contribution in [3.8, 4) is 0 Å². The molecule has 1 rings (SSSR count). The predicted octanol–water partition coefficient (Wildman–Crippen LogP) is 1.55. The van der Waals surface area contributed by atoms with Gasteiger partial charge in [-0.15, -0.1) is 0 Å². The zero-order valence-corrected chi connectivity index (χ0v) is 6.63. The van der Waals surface area contributed by atoms with Crippen LogP contribution in [0.25, 0.3) is 0 Å². The van der Waals surface area contributed by atoms with Gasteiger partial charge in [0.25, 0.3) is 0 Å². The van der Waals surface area contributed by atoms with Gasteiger partial charge < -0.3 is 5.73 Å². The van der Waals surface area contributed by atoms with Crippen LogP contribution in [0, 0.1) is 12.9 Å². The monoisotopic (exact) mass is 154 g/mol. The first kappa shape index (κ1) is 8.14. The number of aromatic nitrogens is 1. The van der Waals surface area contributed by atoms with Gasteiger partial charge in [-0.1, -0.05) is 0 Å². The fourth-order valence-corrected chi connectivity index (χ4v) is 0.829. The van der Waals surface area contributed by atoms with Crippen molar-refractivity contribution in [1.29, 1.82) is 0 Å². The van der Waals surface area contributed by atoms with Gasteiger partial charge in [-0.05, 0) is 25.5 Å². The minimum Gasteiger partial charge on any atom is -0.324 e. The third-order valence-electron chi connectivity index (χ3n) is 1.56. The lowest BCUT2D eigenvalue weighted by atomic mass is 10.1. The summed E-state index contributed by atoms with van der Waals surface area (Å²) in [5, 5.41) is 0. The lowest BCUT2D eigenvalue weighted by molar-refractivity contribution is 0.571. The Bertz CT molecular complexity index is 258. The Balaban J connectivity index is 3.05. The third kappa shape index (κ3) is 1.74. The van der Waals surface area contributed by atoms with Crippen LogP contribution in [0.3, 0.4) is 0 Å². The lowest BCUT2D eigenvalue weighted by Gasteiger charge is -2.05. The quantitative estimate of drug-likeness (QED) is 0.623. The molecule has 0 fully saturated rings. The fourth-order valence-electron chi connectivity index (χ4n) is 0.829. The van der Waals surface area contributed by atoms with Crippen molar-refractivity contribution >= 4 is 0 Å². The van der Waals surface area contributed by atoms with Gasteiger partial charge in [0.2, 0.25) is 5.95 Å². The summed E-state index contributed by atoms with van der Waals surface area (Å²) in [5.74, 6) is -0.422. The van der Waals surface area contributed by atoms with E-state index in [1.165, 1.54) is 6.20 Å². The maximum absolute atomic E-state index is 12.6. The molecule has 0 saturated carbocycles. The molecule has 0 aliphatic carbocycles. The maximum Gasteiger partial charge on any atom is 0.215 e. The zero-order chi connectivity index (χ0) is 8.43. The van der Waals surface area contributed by atoms with Gasteiger partial charge in [-0.25, -0.2) is 4.98 Å². The van der Waals surface area contributed by atoms with Crippen LogP contribution < -0.4 is 5.73 Å². The molecule has 0 saturated heterocycles. The van der Waals surface area contributed by atoms with Crippen molar-refractivity contribution in [2.45, 2.75) is 19.9 Å². The Morgan fingerprint density at radius 2 is 2.27 bits per heavy atom. The number of halogens is 1. The summed E-state index contributed by atoms with van der Waals surface area (Å²) >= 11 is 0. The van der Waals surface area contributed by atoms with Crippen molar-refractivity contribution < 1.29 is 4.39 Å². The Morgan fingerprint density at radius 3 is 2.73 bits per heavy atom. The van der Waals surface area contributed by atoms with Crippen LogP contribution in [0.5, 0.6) is 0 Å². The second kappa shape index (κ2) is 2.96. The Labute approximate surface area is 65.3 Å². The van der Waals surface area contributed by atoms with E-state index in [1.807, 2.05) is 6.92 Å². The lowest BCUT2D eigenvalue weighted by Crippen LogP contribution is -2.06. The van der Waals surface area contributed by atoms with Crippen molar-refractivity contribution in [3.05, 3.63) is 29.3 Å². The summed E-state index contributed by atoms with van der Waals surface area (Å²) in [6.45, 7) is 3.52. The van der Waals surface area contributed by atoms with Crippen LogP contribution in [-0.2, 0) is 0 Å². The van der Waals surface area contributed by atoms with E-state index in [0.717, 1.165) is 5.56 Å². The van der Waals surface area contributed by atoms with E-state index in [4.69, 9.17) is 5.73 Å². The topological polar surface area (TPSA) is 38.9 Å². The summed E-state index contributed by atoms with van der Waals surface area (Å²) in [5.41, 5.74) is 6.98. The first-order chi connectivity index (χ1) is 5.11. The number of rotatable bonds is 1. The van der Waals surface area contributed by atoms with Crippen molar-refractivity contribution in [1.82, 2.24) is 4.98 Å². The van der Waals surface area contributed by atoms with Crippen LogP contribution in [0.2, 0.25) is 0 Å². The second-order valence-corrected chi connectivity index (χ2v) is 2.67. The minimum atomic E-state index is -0.422. The molecule has 1 atom stereocenters. The molecule has 0 radical (unpaired) electrons. The average Bonchev–Trinajstić information content (AvgIpc) is 1.94. The highest BCUT2D eigenvalue weighted by Crippen LogP contribution is 2.11. The Morgan fingerprint density at radius 1 is 1.64 bits per heavy atom. The van der Waals surface area contributed by atoms with Crippen LogP contribution in [0.4, 0.5) is 4.39 Å². The minimum absolute atomic E-state index is 0.0817. The Hall–Kier alpha value is -0.960. The van der Waals surface area contributed by atoms with Crippen LogP contribution in [-0.4, -0.2) is 4.98 Å². The predicted molar refractivity (Wildman–Crippen MR) is 41.5 cm³/mol. The van der Waals surface area contributed by atoms with Crippen molar-refractivity contribution in [2.24, 2.45) is 5.73 Å². The molecule has 0 amide bonds. The standard InChI is InChI=1S/C8H11FN2/c1-5-3-7(6(2)10)4-11-8(5)9/h3-4,6H,10H2,1-2H3/t6-/m1/s1. The van der Waals surface area contributed by atoms with E-state index >= 15 is 0 Å². The normalized spacial score (nSPS) is 13.1. The molecule has 2 nitrogen and oxygen atoms in total. The molecule has 0 bridgehead atoms. The third-order valence-corrected chi connectivity index (χ3v) is 1.56. The molecular weight excluding hydrogens is 143 g/mol. The van der Waals surface area contributed by atoms with Gasteiger partial charge in [0.1, 0.15) is 0 Å². The molecule has 0 spiro atoms. The molecule has 1 aromatic rings. The summed E-state index contributed by atoms with van der Waals surface area (Å²) in [6, 6.07) is 1.63. The fraction of sp³-hybridized carbons (Fsp3) is 0.375. The summed E-state index contributed by atoms with van der Waals surface area (Å²) in [4.78, 5) is 3.55. The van der Waals surface area contributed by atoms with Crippen LogP contribution >= 0.6 is 0 Å². The summed E-state index contributed by atoms with van der Waals surface area (Å²) < 4.78 is 12.6. The molecule has 2 N–H and O–H groups in total. The number of nitrogens with two attached hydrogens (primary N) is 1. The highest BCUT2D eigenvalue weighted by molar-refractivity contribution is 5.20. The highest BCUT2D eigenvalue weighted by atomic mass is 19.1. The molecule has 1 aromatic heterocycles. The number of nitrogens with zero attached hydrogens (tertiary/aromatic N) is 1. The van der Waals surface area contributed by atoms with E-state index < -0.39 is 5.95 Å². The molecule has 1 heterocycles. The SMILES string of the molecule is Cc1cc([C@@H](C)N)cnc1F. The number of pyridine rings is 1. The first-order valence-corrected chi connectivity index (χ1v) is 3.49. The van der Waals surface area contributed by atoms with Gasteiger partial charge in [0, 0.05) is 17.8 Å². The van der Waals surface area contributed by atoms with Crippen LogP contribution in [0.1, 0.15) is 24.1 Å². The molecular formula is C8H11FN2. The molecule has 0 unspecified atom stereocenters. The maximum atomic E-state index is 12.6. The van der Waals surface area contributed by atoms with Gasteiger partial charge in [0.05, 0.1) is 0 Å². The molecule has 60 valence electrons. The zero-order valence-electron chi connectivity index (χ0n) is 6.63.